The van der Waals surface area contributed by atoms with E-state index in [0.717, 1.165) is 15.0 Å². The molecule has 0 radical (unpaired) electrons. The number of benzene rings is 1. The van der Waals surface area contributed by atoms with Gasteiger partial charge in [0.25, 0.3) is 0 Å². The highest BCUT2D eigenvalue weighted by atomic mass is 79.9. The topological polar surface area (TPSA) is 66.6 Å². The molecule has 1 heterocycles. The highest BCUT2D eigenvalue weighted by molar-refractivity contribution is 9.10. The van der Waals surface area contributed by atoms with E-state index in [0.29, 0.717) is 12.2 Å². The van der Waals surface area contributed by atoms with Crippen molar-refractivity contribution in [1.29, 1.82) is 0 Å². The normalized spacial score (nSPS) is 10.4. The van der Waals surface area contributed by atoms with Crippen molar-refractivity contribution in [1.82, 2.24) is 0 Å². The second-order valence-electron chi connectivity index (χ2n) is 4.00. The summed E-state index contributed by atoms with van der Waals surface area (Å²) in [7, 11) is 0. The molecule has 0 atom stereocenters. The summed E-state index contributed by atoms with van der Waals surface area (Å²) >= 11 is 5.04. The summed E-state index contributed by atoms with van der Waals surface area (Å²) in [6.07, 6.45) is 0. The highest BCUT2D eigenvalue weighted by Crippen LogP contribution is 2.29. The Hall–Kier alpha value is -1.53. The van der Waals surface area contributed by atoms with Crippen molar-refractivity contribution >= 4 is 44.6 Å². The molecule has 0 saturated carbocycles. The van der Waals surface area contributed by atoms with Gasteiger partial charge in [-0.15, -0.1) is 11.3 Å². The number of thiophene rings is 1. The zero-order chi connectivity index (χ0) is 13.8. The van der Waals surface area contributed by atoms with E-state index in [1.54, 1.807) is 22.3 Å². The van der Waals surface area contributed by atoms with Gasteiger partial charge in [0.2, 0.25) is 0 Å². The molecule has 100 valence electrons. The van der Waals surface area contributed by atoms with E-state index in [-0.39, 0.29) is 6.54 Å². The van der Waals surface area contributed by atoms with E-state index in [1.807, 2.05) is 29.6 Å². The molecule has 3 N–H and O–H groups in total. The van der Waals surface area contributed by atoms with Crippen LogP contribution in [0.3, 0.4) is 0 Å². The van der Waals surface area contributed by atoms with Gasteiger partial charge in [0.1, 0.15) is 6.54 Å². The second-order valence-corrected chi connectivity index (χ2v) is 5.86. The van der Waals surface area contributed by atoms with Gasteiger partial charge in [-0.1, -0.05) is 12.1 Å². The minimum absolute atomic E-state index is 0.0848. The summed E-state index contributed by atoms with van der Waals surface area (Å²) in [5.74, 6) is -0.879. The Kier molecular flexibility index (Phi) is 4.44. The molecule has 6 heteroatoms. The lowest BCUT2D eigenvalue weighted by atomic mass is 10.2. The summed E-state index contributed by atoms with van der Waals surface area (Å²) in [5.41, 5.74) is 7.24. The van der Waals surface area contributed by atoms with Gasteiger partial charge in [-0.3, -0.25) is 4.79 Å². The molecule has 2 rings (SSSR count). The van der Waals surface area contributed by atoms with Crippen molar-refractivity contribution in [3.63, 3.8) is 0 Å². The van der Waals surface area contributed by atoms with Gasteiger partial charge in [-0.25, -0.2) is 0 Å². The maximum absolute atomic E-state index is 11.0. The number of nitrogen functional groups attached to an aromatic ring is 1. The molecule has 19 heavy (non-hydrogen) atoms. The average Bonchev–Trinajstić information content (AvgIpc) is 2.74. The first kappa shape index (κ1) is 13.9. The number of carbonyl (C=O) groups is 1. The van der Waals surface area contributed by atoms with Crippen molar-refractivity contribution in [3.8, 4) is 0 Å². The molecule has 0 saturated heterocycles. The summed E-state index contributed by atoms with van der Waals surface area (Å²) in [5, 5.41) is 11.0. The number of hydrogen-bond donors (Lipinski definition) is 2. The minimum Gasteiger partial charge on any atom is -0.480 e. The number of halogens is 1. The average molecular weight is 341 g/mol. The molecular weight excluding hydrogens is 328 g/mol. The van der Waals surface area contributed by atoms with E-state index in [4.69, 9.17) is 10.8 Å². The van der Waals surface area contributed by atoms with Crippen LogP contribution in [0.25, 0.3) is 0 Å². The van der Waals surface area contributed by atoms with Gasteiger partial charge >= 0.3 is 5.97 Å². The maximum atomic E-state index is 11.0. The van der Waals surface area contributed by atoms with Crippen LogP contribution in [0, 0.1) is 0 Å². The van der Waals surface area contributed by atoms with E-state index >= 15 is 0 Å². The molecule has 0 unspecified atom stereocenters. The molecule has 0 aliphatic heterocycles. The van der Waals surface area contributed by atoms with E-state index in [2.05, 4.69) is 15.9 Å². The molecule has 2 aromatic rings. The smallest absolute Gasteiger partial charge is 0.323 e. The number of para-hydroxylation sites is 2. The fraction of sp³-hybridized carbons (Fsp3) is 0.154. The minimum atomic E-state index is -0.879. The molecule has 4 nitrogen and oxygen atoms in total. The lowest BCUT2D eigenvalue weighted by Crippen LogP contribution is -2.29. The fourth-order valence-electron chi connectivity index (χ4n) is 1.78. The van der Waals surface area contributed by atoms with Crippen LogP contribution >= 0.6 is 27.3 Å². The molecule has 0 aliphatic carbocycles. The Morgan fingerprint density at radius 2 is 2.11 bits per heavy atom. The molecule has 0 spiro atoms. The largest absolute Gasteiger partial charge is 0.480 e. The van der Waals surface area contributed by atoms with Crippen molar-refractivity contribution < 1.29 is 9.90 Å². The zero-order valence-corrected chi connectivity index (χ0v) is 12.4. The third-order valence-electron chi connectivity index (χ3n) is 2.63. The lowest BCUT2D eigenvalue weighted by Gasteiger charge is -2.24. The summed E-state index contributed by atoms with van der Waals surface area (Å²) in [6, 6.07) is 9.24. The first-order chi connectivity index (χ1) is 9.08. The summed E-state index contributed by atoms with van der Waals surface area (Å²) in [6.45, 7) is 0.428. The number of anilines is 2. The Morgan fingerprint density at radius 3 is 2.68 bits per heavy atom. The first-order valence-electron chi connectivity index (χ1n) is 5.61. The number of nitrogens with zero attached hydrogens (tertiary/aromatic N) is 1. The van der Waals surface area contributed by atoms with Gasteiger partial charge < -0.3 is 15.7 Å². The van der Waals surface area contributed by atoms with Crippen LogP contribution in [0.4, 0.5) is 11.4 Å². The van der Waals surface area contributed by atoms with Crippen LogP contribution in [0.5, 0.6) is 0 Å². The fourth-order valence-corrected chi connectivity index (χ4v) is 3.27. The van der Waals surface area contributed by atoms with Gasteiger partial charge in [0.05, 0.1) is 17.9 Å². The summed E-state index contributed by atoms with van der Waals surface area (Å²) < 4.78 is 0.988. The lowest BCUT2D eigenvalue weighted by molar-refractivity contribution is -0.135. The van der Waals surface area contributed by atoms with E-state index in [9.17, 15) is 4.79 Å². The molecule has 0 bridgehead atoms. The Labute approximate surface area is 123 Å². The van der Waals surface area contributed by atoms with E-state index < -0.39 is 5.97 Å². The van der Waals surface area contributed by atoms with Gasteiger partial charge in [0, 0.05) is 9.35 Å². The SMILES string of the molecule is Nc1ccccc1N(CC(=O)O)Cc1sccc1Br. The molecule has 1 aromatic heterocycles. The second kappa shape index (κ2) is 6.08. The van der Waals surface area contributed by atoms with Gasteiger partial charge in [-0.2, -0.15) is 0 Å². The van der Waals surface area contributed by atoms with Crippen molar-refractivity contribution in [2.24, 2.45) is 0 Å². The first-order valence-corrected chi connectivity index (χ1v) is 7.28. The van der Waals surface area contributed by atoms with E-state index in [1.165, 1.54) is 0 Å². The molecule has 0 aliphatic rings. The zero-order valence-electron chi connectivity index (χ0n) is 10.0. The van der Waals surface area contributed by atoms with Crippen LogP contribution in [-0.2, 0) is 11.3 Å². The van der Waals surface area contributed by atoms with Crippen LogP contribution in [0.15, 0.2) is 40.2 Å². The number of rotatable bonds is 5. The van der Waals surface area contributed by atoms with Gasteiger partial charge in [0.15, 0.2) is 0 Å². The molecule has 1 aromatic carbocycles. The monoisotopic (exact) mass is 340 g/mol. The van der Waals surface area contributed by atoms with Gasteiger partial charge in [-0.05, 0) is 39.5 Å². The molecular formula is C13H13BrN2O2S. The van der Waals surface area contributed by atoms with Crippen molar-refractivity contribution in [2.45, 2.75) is 6.54 Å². The standard InChI is InChI=1S/C13H13BrN2O2S/c14-9-5-6-19-12(9)7-16(8-13(17)18)11-4-2-1-3-10(11)15/h1-6H,7-8,15H2,(H,17,18). The Morgan fingerprint density at radius 1 is 1.37 bits per heavy atom. The highest BCUT2D eigenvalue weighted by Gasteiger charge is 2.15. The maximum Gasteiger partial charge on any atom is 0.323 e. The quantitative estimate of drug-likeness (QED) is 0.820. The number of carboxylic acid groups (broad SMARTS) is 1. The molecule has 0 fully saturated rings. The Bertz CT molecular complexity index is 586. The number of hydrogen-bond acceptors (Lipinski definition) is 4. The number of carboxylic acids is 1. The predicted molar refractivity (Wildman–Crippen MR) is 81.6 cm³/mol. The van der Waals surface area contributed by atoms with Crippen LogP contribution in [0.1, 0.15) is 4.88 Å². The summed E-state index contributed by atoms with van der Waals surface area (Å²) in [4.78, 5) is 13.8. The van der Waals surface area contributed by atoms with Crippen LogP contribution < -0.4 is 10.6 Å². The third kappa shape index (κ3) is 3.48. The van der Waals surface area contributed by atoms with Crippen LogP contribution in [0.2, 0.25) is 0 Å². The molecule has 0 amide bonds. The number of nitrogens with two attached hydrogens (primary N) is 1. The predicted octanol–water partition coefficient (Wildman–Crippen LogP) is 3.18. The number of aliphatic carboxylic acids is 1. The Balaban J connectivity index is 2.29. The third-order valence-corrected chi connectivity index (χ3v) is 4.54. The van der Waals surface area contributed by atoms with Crippen molar-refractivity contribution in [2.75, 3.05) is 17.2 Å². The van der Waals surface area contributed by atoms with Crippen molar-refractivity contribution in [3.05, 3.63) is 45.1 Å². The van der Waals surface area contributed by atoms with Crippen LogP contribution in [-0.4, -0.2) is 17.6 Å².